The van der Waals surface area contributed by atoms with E-state index in [2.05, 4.69) is 4.98 Å². The van der Waals surface area contributed by atoms with Crippen molar-refractivity contribution in [2.24, 2.45) is 0 Å². The lowest BCUT2D eigenvalue weighted by Gasteiger charge is -2.26. The van der Waals surface area contributed by atoms with Crippen LogP contribution in [0.1, 0.15) is 16.7 Å². The second-order valence-corrected chi connectivity index (χ2v) is 6.82. The highest BCUT2D eigenvalue weighted by Crippen LogP contribution is 2.41. The molecule has 1 aliphatic heterocycles. The molecule has 0 N–H and O–H groups in total. The van der Waals surface area contributed by atoms with E-state index in [1.54, 1.807) is 26.5 Å². The summed E-state index contributed by atoms with van der Waals surface area (Å²) in [6.07, 6.45) is 2.45. The zero-order chi connectivity index (χ0) is 19.7. The highest BCUT2D eigenvalue weighted by Gasteiger charge is 2.21. The quantitative estimate of drug-likeness (QED) is 0.642. The van der Waals surface area contributed by atoms with Gasteiger partial charge in [-0.3, -0.25) is 0 Å². The number of fused-ring (bicyclic) bond motifs is 1. The molecule has 6 heteroatoms. The minimum absolute atomic E-state index is 0.0836. The molecule has 5 nitrogen and oxygen atoms in total. The summed E-state index contributed by atoms with van der Waals surface area (Å²) in [7, 11) is 3.23. The lowest BCUT2D eigenvalue weighted by molar-refractivity contribution is -0.0813. The second kappa shape index (κ2) is 7.64. The maximum Gasteiger partial charge on any atom is 0.213 e. The molecule has 0 unspecified atom stereocenters. The summed E-state index contributed by atoms with van der Waals surface area (Å²) in [5.41, 5.74) is 2.90. The zero-order valence-corrected chi connectivity index (χ0v) is 16.1. The highest BCUT2D eigenvalue weighted by molar-refractivity contribution is 5.96. The van der Waals surface area contributed by atoms with Crippen LogP contribution in [0.3, 0.4) is 0 Å². The number of halogens is 1. The first-order valence-electron chi connectivity index (χ1n) is 9.12. The maximum atomic E-state index is 13.9. The Morgan fingerprint density at radius 2 is 1.86 bits per heavy atom. The fourth-order valence-electron chi connectivity index (χ4n) is 3.53. The van der Waals surface area contributed by atoms with E-state index >= 15 is 0 Å². The van der Waals surface area contributed by atoms with E-state index in [4.69, 9.17) is 18.9 Å². The van der Waals surface area contributed by atoms with Gasteiger partial charge in [-0.05, 0) is 36.2 Å². The van der Waals surface area contributed by atoms with Crippen LogP contribution in [0.25, 0.3) is 10.8 Å². The number of aromatic nitrogens is 1. The number of ether oxygens (including phenoxy) is 4. The SMILES string of the molecule is COc1c(C)c(Cc2ccc(OC3COC3)nc2)c(OC)c2cc(F)ccc12. The van der Waals surface area contributed by atoms with Crippen LogP contribution < -0.4 is 14.2 Å². The summed E-state index contributed by atoms with van der Waals surface area (Å²) >= 11 is 0. The van der Waals surface area contributed by atoms with Crippen LogP contribution in [-0.2, 0) is 11.2 Å². The second-order valence-electron chi connectivity index (χ2n) is 6.82. The number of rotatable bonds is 6. The molecule has 0 atom stereocenters. The van der Waals surface area contributed by atoms with Crippen molar-refractivity contribution in [2.75, 3.05) is 27.4 Å². The van der Waals surface area contributed by atoms with Gasteiger partial charge in [-0.2, -0.15) is 0 Å². The van der Waals surface area contributed by atoms with E-state index in [-0.39, 0.29) is 11.9 Å². The maximum absolute atomic E-state index is 13.9. The Balaban J connectivity index is 1.72. The van der Waals surface area contributed by atoms with Gasteiger partial charge in [0, 0.05) is 35.0 Å². The summed E-state index contributed by atoms with van der Waals surface area (Å²) in [5, 5.41) is 1.52. The van der Waals surface area contributed by atoms with Crippen LogP contribution in [0.2, 0.25) is 0 Å². The molecule has 0 radical (unpaired) electrons. The Hall–Kier alpha value is -2.86. The normalized spacial score (nSPS) is 14.0. The van der Waals surface area contributed by atoms with E-state index in [1.807, 2.05) is 19.1 Å². The monoisotopic (exact) mass is 383 g/mol. The number of hydrogen-bond acceptors (Lipinski definition) is 5. The van der Waals surface area contributed by atoms with Crippen molar-refractivity contribution >= 4 is 10.8 Å². The van der Waals surface area contributed by atoms with Crippen molar-refractivity contribution in [1.82, 2.24) is 4.98 Å². The van der Waals surface area contributed by atoms with Crippen LogP contribution in [0.4, 0.5) is 4.39 Å². The van der Waals surface area contributed by atoms with Crippen molar-refractivity contribution in [3.05, 3.63) is 59.0 Å². The van der Waals surface area contributed by atoms with E-state index in [9.17, 15) is 4.39 Å². The minimum Gasteiger partial charge on any atom is -0.496 e. The minimum atomic E-state index is -0.314. The average molecular weight is 383 g/mol. The van der Waals surface area contributed by atoms with Crippen LogP contribution in [0.5, 0.6) is 17.4 Å². The Bertz CT molecular complexity index is 1000. The van der Waals surface area contributed by atoms with E-state index in [0.717, 1.165) is 27.8 Å². The van der Waals surface area contributed by atoms with Gasteiger partial charge in [0.25, 0.3) is 0 Å². The molecule has 1 aliphatic rings. The molecule has 1 fully saturated rings. The van der Waals surface area contributed by atoms with Crippen molar-refractivity contribution in [3.8, 4) is 17.4 Å². The zero-order valence-electron chi connectivity index (χ0n) is 16.1. The Morgan fingerprint density at radius 1 is 1.07 bits per heavy atom. The van der Waals surface area contributed by atoms with Crippen LogP contribution in [0, 0.1) is 12.7 Å². The van der Waals surface area contributed by atoms with E-state index < -0.39 is 0 Å². The Labute approximate surface area is 163 Å². The van der Waals surface area contributed by atoms with Crippen molar-refractivity contribution in [1.29, 1.82) is 0 Å². The standard InChI is InChI=1S/C22H22FNO4/c1-13-18(8-14-4-7-20(24-10-14)28-16-11-27-12-16)22(26-3)19-9-15(23)5-6-17(19)21(13)25-2/h4-7,9-10,16H,8,11-12H2,1-3H3. The molecule has 146 valence electrons. The highest BCUT2D eigenvalue weighted by atomic mass is 19.1. The molecule has 28 heavy (non-hydrogen) atoms. The molecule has 1 aromatic heterocycles. The Kier molecular flexibility index (Phi) is 5.05. The predicted molar refractivity (Wildman–Crippen MR) is 104 cm³/mol. The molecule has 0 aliphatic carbocycles. The molecule has 4 rings (SSSR count). The van der Waals surface area contributed by atoms with Crippen LogP contribution >= 0.6 is 0 Å². The molecule has 2 heterocycles. The lowest BCUT2D eigenvalue weighted by atomic mass is 9.94. The fourth-order valence-corrected chi connectivity index (χ4v) is 3.53. The Morgan fingerprint density at radius 3 is 2.46 bits per heavy atom. The first-order valence-corrected chi connectivity index (χ1v) is 9.12. The molecule has 1 saturated heterocycles. The lowest BCUT2D eigenvalue weighted by Crippen LogP contribution is -2.38. The summed E-state index contributed by atoms with van der Waals surface area (Å²) in [6.45, 7) is 3.20. The smallest absolute Gasteiger partial charge is 0.213 e. The molecule has 0 saturated carbocycles. The van der Waals surface area contributed by atoms with Gasteiger partial charge < -0.3 is 18.9 Å². The van der Waals surface area contributed by atoms with Gasteiger partial charge in [0.1, 0.15) is 23.4 Å². The summed E-state index contributed by atoms with van der Waals surface area (Å²) in [5.74, 6) is 1.65. The third-order valence-electron chi connectivity index (χ3n) is 5.02. The molecule has 3 aromatic rings. The molecular formula is C22H22FNO4. The molecule has 0 bridgehead atoms. The van der Waals surface area contributed by atoms with Gasteiger partial charge in [0.05, 0.1) is 27.4 Å². The van der Waals surface area contributed by atoms with Gasteiger partial charge in [-0.25, -0.2) is 9.37 Å². The van der Waals surface area contributed by atoms with Gasteiger partial charge in [-0.1, -0.05) is 6.07 Å². The van der Waals surface area contributed by atoms with E-state index in [0.29, 0.717) is 36.7 Å². The van der Waals surface area contributed by atoms with Crippen LogP contribution in [0.15, 0.2) is 36.5 Å². The van der Waals surface area contributed by atoms with Gasteiger partial charge in [0.2, 0.25) is 5.88 Å². The van der Waals surface area contributed by atoms with E-state index in [1.165, 1.54) is 12.1 Å². The average Bonchev–Trinajstić information content (AvgIpc) is 2.67. The summed E-state index contributed by atoms with van der Waals surface area (Å²) in [6, 6.07) is 8.46. The summed E-state index contributed by atoms with van der Waals surface area (Å²) < 4.78 is 36.0. The third-order valence-corrected chi connectivity index (χ3v) is 5.02. The molecular weight excluding hydrogens is 361 g/mol. The molecule has 2 aromatic carbocycles. The molecule has 0 amide bonds. The van der Waals surface area contributed by atoms with Crippen LogP contribution in [-0.4, -0.2) is 38.5 Å². The van der Waals surface area contributed by atoms with Gasteiger partial charge in [0.15, 0.2) is 0 Å². The number of methoxy groups -OCH3 is 2. The first kappa shape index (κ1) is 18.5. The number of benzene rings is 2. The fraction of sp³-hybridized carbons (Fsp3) is 0.318. The third kappa shape index (κ3) is 3.36. The van der Waals surface area contributed by atoms with Crippen molar-refractivity contribution in [2.45, 2.75) is 19.4 Å². The predicted octanol–water partition coefficient (Wildman–Crippen LogP) is 4.07. The first-order chi connectivity index (χ1) is 13.6. The summed E-state index contributed by atoms with van der Waals surface area (Å²) in [4.78, 5) is 4.39. The topological polar surface area (TPSA) is 49.8 Å². The number of nitrogens with zero attached hydrogens (tertiary/aromatic N) is 1. The molecule has 0 spiro atoms. The number of hydrogen-bond donors (Lipinski definition) is 0. The number of pyridine rings is 1. The van der Waals surface area contributed by atoms with Crippen molar-refractivity contribution < 1.29 is 23.3 Å². The van der Waals surface area contributed by atoms with Gasteiger partial charge in [-0.15, -0.1) is 0 Å². The largest absolute Gasteiger partial charge is 0.496 e. The van der Waals surface area contributed by atoms with Gasteiger partial charge >= 0.3 is 0 Å². The van der Waals surface area contributed by atoms with Crippen molar-refractivity contribution in [3.63, 3.8) is 0 Å².